The van der Waals surface area contributed by atoms with Gasteiger partial charge in [-0.15, -0.1) is 5.10 Å². The highest BCUT2D eigenvalue weighted by atomic mass is 16.5. The molecule has 9 nitrogen and oxygen atoms in total. The third-order valence-corrected chi connectivity index (χ3v) is 4.90. The molecule has 0 bridgehead atoms. The summed E-state index contributed by atoms with van der Waals surface area (Å²) in [6.07, 6.45) is 5.66. The first-order valence-corrected chi connectivity index (χ1v) is 9.46. The fourth-order valence-electron chi connectivity index (χ4n) is 3.45. The van der Waals surface area contributed by atoms with Crippen LogP contribution in [0.25, 0.3) is 0 Å². The van der Waals surface area contributed by atoms with Crippen molar-refractivity contribution in [2.75, 3.05) is 49.6 Å². The number of aryl methyl sites for hydroxylation is 1. The molecule has 0 radical (unpaired) electrons. The number of hydrogen-bond acceptors (Lipinski definition) is 8. The Morgan fingerprint density at radius 3 is 2.93 bits per heavy atom. The Balaban J connectivity index is 1.26. The Morgan fingerprint density at radius 2 is 2.04 bits per heavy atom. The Labute approximate surface area is 157 Å². The van der Waals surface area contributed by atoms with Crippen molar-refractivity contribution < 1.29 is 14.1 Å². The zero-order chi connectivity index (χ0) is 18.5. The lowest BCUT2D eigenvalue weighted by molar-refractivity contribution is 0.0945. The van der Waals surface area contributed by atoms with E-state index in [9.17, 15) is 4.79 Å². The molecule has 2 N–H and O–H groups in total. The van der Waals surface area contributed by atoms with E-state index >= 15 is 0 Å². The summed E-state index contributed by atoms with van der Waals surface area (Å²) in [5, 5.41) is 18.2. The van der Waals surface area contributed by atoms with Gasteiger partial charge in [-0.05, 0) is 19.3 Å². The molecule has 0 atom stereocenters. The minimum Gasteiger partial charge on any atom is -0.378 e. The van der Waals surface area contributed by atoms with E-state index in [0.29, 0.717) is 24.6 Å². The average Bonchev–Trinajstić information content (AvgIpc) is 3.16. The van der Waals surface area contributed by atoms with Gasteiger partial charge in [0.2, 0.25) is 0 Å². The van der Waals surface area contributed by atoms with E-state index in [-0.39, 0.29) is 5.91 Å². The summed E-state index contributed by atoms with van der Waals surface area (Å²) in [7, 11) is 0. The Hall–Kier alpha value is -2.68. The molecule has 1 amide bonds. The minimum absolute atomic E-state index is 0.183. The van der Waals surface area contributed by atoms with Gasteiger partial charge >= 0.3 is 0 Å². The van der Waals surface area contributed by atoms with Crippen LogP contribution in [0.15, 0.2) is 16.8 Å². The van der Waals surface area contributed by atoms with E-state index in [1.54, 1.807) is 6.20 Å². The number of aromatic nitrogens is 3. The standard InChI is InChI=1S/C18H24N6O3/c25-18(17-14-3-1-2-4-15(14)27-23-17)20-6-5-19-16-11-13(12-21-22-16)24-7-9-26-10-8-24/h11-12H,1-10H2,(H,19,22)(H,20,25). The van der Waals surface area contributed by atoms with Crippen LogP contribution in [0.4, 0.5) is 11.5 Å². The molecule has 1 fully saturated rings. The largest absolute Gasteiger partial charge is 0.378 e. The molecule has 1 aliphatic carbocycles. The van der Waals surface area contributed by atoms with Crippen molar-refractivity contribution >= 4 is 17.4 Å². The van der Waals surface area contributed by atoms with Gasteiger partial charge in [-0.25, -0.2) is 0 Å². The van der Waals surface area contributed by atoms with E-state index in [0.717, 1.165) is 69.0 Å². The van der Waals surface area contributed by atoms with Gasteiger partial charge in [-0.3, -0.25) is 4.79 Å². The van der Waals surface area contributed by atoms with Crippen LogP contribution in [-0.2, 0) is 17.6 Å². The van der Waals surface area contributed by atoms with Gasteiger partial charge in [0.15, 0.2) is 11.5 Å². The summed E-state index contributed by atoms with van der Waals surface area (Å²) < 4.78 is 10.7. The first-order chi connectivity index (χ1) is 13.3. The monoisotopic (exact) mass is 372 g/mol. The molecule has 9 heteroatoms. The zero-order valence-corrected chi connectivity index (χ0v) is 15.2. The topological polar surface area (TPSA) is 105 Å². The number of nitrogens with zero attached hydrogens (tertiary/aromatic N) is 4. The molecule has 3 heterocycles. The van der Waals surface area contributed by atoms with Crippen LogP contribution < -0.4 is 15.5 Å². The predicted molar refractivity (Wildman–Crippen MR) is 99.0 cm³/mol. The maximum absolute atomic E-state index is 12.3. The number of nitrogens with one attached hydrogen (secondary N) is 2. The predicted octanol–water partition coefficient (Wildman–Crippen LogP) is 1.02. The van der Waals surface area contributed by atoms with Crippen molar-refractivity contribution in [1.29, 1.82) is 0 Å². The summed E-state index contributed by atoms with van der Waals surface area (Å²) >= 11 is 0. The summed E-state index contributed by atoms with van der Waals surface area (Å²) in [5.41, 5.74) is 2.42. The number of anilines is 2. The van der Waals surface area contributed by atoms with Gasteiger partial charge in [-0.2, -0.15) is 5.10 Å². The molecule has 1 saturated heterocycles. The highest BCUT2D eigenvalue weighted by Gasteiger charge is 2.23. The van der Waals surface area contributed by atoms with Crippen LogP contribution in [0.2, 0.25) is 0 Å². The van der Waals surface area contributed by atoms with Crippen molar-refractivity contribution in [3.63, 3.8) is 0 Å². The second-order valence-corrected chi connectivity index (χ2v) is 6.72. The summed E-state index contributed by atoms with van der Waals surface area (Å²) in [6, 6.07) is 1.97. The molecule has 0 aromatic carbocycles. The SMILES string of the molecule is O=C(NCCNc1cc(N2CCOCC2)cnn1)c1noc2c1CCCC2. The minimum atomic E-state index is -0.183. The molecule has 2 aromatic rings. The number of rotatable bonds is 6. The average molecular weight is 372 g/mol. The maximum atomic E-state index is 12.3. The summed E-state index contributed by atoms with van der Waals surface area (Å²) in [6.45, 7) is 4.16. The first kappa shape index (κ1) is 17.7. The Bertz CT molecular complexity index is 787. The Morgan fingerprint density at radius 1 is 1.19 bits per heavy atom. The Kier molecular flexibility index (Phi) is 5.47. The quantitative estimate of drug-likeness (QED) is 0.724. The fraction of sp³-hybridized carbons (Fsp3) is 0.556. The molecule has 0 saturated carbocycles. The first-order valence-electron chi connectivity index (χ1n) is 9.46. The van der Waals surface area contributed by atoms with Gasteiger partial charge in [0.25, 0.3) is 5.91 Å². The lowest BCUT2D eigenvalue weighted by atomic mass is 9.96. The van der Waals surface area contributed by atoms with Crippen molar-refractivity contribution in [3.05, 3.63) is 29.3 Å². The van der Waals surface area contributed by atoms with Crippen LogP contribution in [0, 0.1) is 0 Å². The van der Waals surface area contributed by atoms with Gasteiger partial charge in [-0.1, -0.05) is 5.16 Å². The van der Waals surface area contributed by atoms with Crippen LogP contribution >= 0.6 is 0 Å². The smallest absolute Gasteiger partial charge is 0.273 e. The van der Waals surface area contributed by atoms with Gasteiger partial charge < -0.3 is 24.8 Å². The number of ether oxygens (including phenoxy) is 1. The molecule has 4 rings (SSSR count). The van der Waals surface area contributed by atoms with Crippen LogP contribution in [0.1, 0.15) is 34.7 Å². The molecule has 0 spiro atoms. The molecular weight excluding hydrogens is 348 g/mol. The van der Waals surface area contributed by atoms with Crippen LogP contribution in [0.3, 0.4) is 0 Å². The van der Waals surface area contributed by atoms with E-state index in [2.05, 4.69) is 30.9 Å². The molecule has 144 valence electrons. The molecule has 27 heavy (non-hydrogen) atoms. The molecule has 0 unspecified atom stereocenters. The van der Waals surface area contributed by atoms with Gasteiger partial charge in [0.1, 0.15) is 5.76 Å². The van der Waals surface area contributed by atoms with Crippen molar-refractivity contribution in [2.24, 2.45) is 0 Å². The van der Waals surface area contributed by atoms with Crippen LogP contribution in [-0.4, -0.2) is 60.7 Å². The number of fused-ring (bicyclic) bond motifs is 1. The number of hydrogen-bond donors (Lipinski definition) is 2. The summed E-state index contributed by atoms with van der Waals surface area (Å²) in [5.74, 6) is 1.36. The number of morpholine rings is 1. The van der Waals surface area contributed by atoms with Gasteiger partial charge in [0.05, 0.1) is 25.1 Å². The fourth-order valence-corrected chi connectivity index (χ4v) is 3.45. The number of carbonyl (C=O) groups excluding carboxylic acids is 1. The van der Waals surface area contributed by atoms with Crippen molar-refractivity contribution in [3.8, 4) is 0 Å². The lowest BCUT2D eigenvalue weighted by Gasteiger charge is -2.28. The van der Waals surface area contributed by atoms with Gasteiger partial charge in [0, 0.05) is 44.2 Å². The van der Waals surface area contributed by atoms with E-state index in [1.807, 2.05) is 6.07 Å². The number of carbonyl (C=O) groups is 1. The summed E-state index contributed by atoms with van der Waals surface area (Å²) in [4.78, 5) is 14.6. The second kappa shape index (κ2) is 8.34. The van der Waals surface area contributed by atoms with E-state index < -0.39 is 0 Å². The van der Waals surface area contributed by atoms with Crippen LogP contribution in [0.5, 0.6) is 0 Å². The van der Waals surface area contributed by atoms with Crippen molar-refractivity contribution in [2.45, 2.75) is 25.7 Å². The lowest BCUT2D eigenvalue weighted by Crippen LogP contribution is -2.36. The maximum Gasteiger partial charge on any atom is 0.273 e. The third-order valence-electron chi connectivity index (χ3n) is 4.90. The zero-order valence-electron chi connectivity index (χ0n) is 15.2. The van der Waals surface area contributed by atoms with E-state index in [1.165, 1.54) is 0 Å². The number of amides is 1. The van der Waals surface area contributed by atoms with Crippen molar-refractivity contribution in [1.82, 2.24) is 20.7 Å². The molecule has 1 aliphatic heterocycles. The highest BCUT2D eigenvalue weighted by molar-refractivity contribution is 5.93. The highest BCUT2D eigenvalue weighted by Crippen LogP contribution is 2.24. The molecule has 2 aromatic heterocycles. The molecular formula is C18H24N6O3. The molecule has 2 aliphatic rings. The van der Waals surface area contributed by atoms with E-state index in [4.69, 9.17) is 9.26 Å². The normalized spacial score (nSPS) is 16.7. The second-order valence-electron chi connectivity index (χ2n) is 6.72. The third kappa shape index (κ3) is 4.19.